The molecule has 140 valence electrons. The van der Waals surface area contributed by atoms with Crippen molar-refractivity contribution >= 4 is 17.9 Å². The van der Waals surface area contributed by atoms with Crippen molar-refractivity contribution in [1.29, 1.82) is 0 Å². The number of ether oxygens (including phenoxy) is 3. The molecule has 2 aliphatic rings. The summed E-state index contributed by atoms with van der Waals surface area (Å²) in [6, 6.07) is 3.07. The number of allylic oxidation sites excluding steroid dienone is 1. The van der Waals surface area contributed by atoms with Gasteiger partial charge in [-0.25, -0.2) is 4.79 Å². The molecule has 0 unspecified atom stereocenters. The Morgan fingerprint density at radius 2 is 1.96 bits per heavy atom. The second-order valence-corrected chi connectivity index (χ2v) is 6.68. The van der Waals surface area contributed by atoms with Crippen LogP contribution in [0.4, 0.5) is 0 Å². The van der Waals surface area contributed by atoms with Gasteiger partial charge in [-0.15, -0.1) is 0 Å². The standard InChI is InChI=1S/C18H20O8/c1-4-23-14(20)12-10(19)7-8-18(13(12)11-6-5-9-24-11)15(21)25-17(2,3)26-16(18)22/h5-6,9,13,19H,4,7-8H2,1-3H3/t13-/m0/s1. The number of hydrogen-bond donors (Lipinski definition) is 1. The van der Waals surface area contributed by atoms with Crippen LogP contribution in [0.5, 0.6) is 0 Å². The normalized spacial score (nSPS) is 24.2. The van der Waals surface area contributed by atoms with Gasteiger partial charge in [-0.2, -0.15) is 0 Å². The highest BCUT2D eigenvalue weighted by atomic mass is 16.7. The van der Waals surface area contributed by atoms with Gasteiger partial charge in [-0.05, 0) is 25.5 Å². The van der Waals surface area contributed by atoms with E-state index in [0.717, 1.165) is 0 Å². The van der Waals surface area contributed by atoms with Gasteiger partial charge in [0.05, 0.1) is 24.4 Å². The maximum Gasteiger partial charge on any atom is 0.338 e. The molecule has 0 bridgehead atoms. The van der Waals surface area contributed by atoms with Crippen LogP contribution in [-0.2, 0) is 28.6 Å². The average Bonchev–Trinajstić information content (AvgIpc) is 3.06. The van der Waals surface area contributed by atoms with Crippen LogP contribution in [0.25, 0.3) is 0 Å². The lowest BCUT2D eigenvalue weighted by Gasteiger charge is -2.45. The van der Waals surface area contributed by atoms with Crippen LogP contribution in [0.1, 0.15) is 45.3 Å². The Hall–Kier alpha value is -2.77. The maximum absolute atomic E-state index is 12.9. The second kappa shape index (κ2) is 6.19. The third-order valence-corrected chi connectivity index (χ3v) is 4.58. The zero-order chi connectivity index (χ0) is 19.1. The molecule has 3 rings (SSSR count). The van der Waals surface area contributed by atoms with Gasteiger partial charge in [0.15, 0.2) is 5.41 Å². The van der Waals surface area contributed by atoms with E-state index in [1.807, 2.05) is 0 Å². The number of cyclic esters (lactones) is 2. The van der Waals surface area contributed by atoms with Crippen LogP contribution >= 0.6 is 0 Å². The minimum absolute atomic E-state index is 0.0649. The van der Waals surface area contributed by atoms with Crippen molar-refractivity contribution in [3.8, 4) is 0 Å². The topological polar surface area (TPSA) is 112 Å². The van der Waals surface area contributed by atoms with Crippen molar-refractivity contribution in [3.05, 3.63) is 35.5 Å². The van der Waals surface area contributed by atoms with Crippen molar-refractivity contribution in [2.75, 3.05) is 6.61 Å². The van der Waals surface area contributed by atoms with Crippen molar-refractivity contribution in [2.45, 2.75) is 45.3 Å². The van der Waals surface area contributed by atoms with Crippen LogP contribution in [0, 0.1) is 5.41 Å². The van der Waals surface area contributed by atoms with Gasteiger partial charge in [0, 0.05) is 20.3 Å². The molecule has 1 fully saturated rings. The molecule has 1 saturated heterocycles. The van der Waals surface area contributed by atoms with Crippen LogP contribution in [-0.4, -0.2) is 35.4 Å². The summed E-state index contributed by atoms with van der Waals surface area (Å²) in [5, 5.41) is 10.4. The summed E-state index contributed by atoms with van der Waals surface area (Å²) in [6.07, 6.45) is 1.19. The molecule has 0 radical (unpaired) electrons. The first kappa shape index (κ1) is 18.0. The monoisotopic (exact) mass is 364 g/mol. The van der Waals surface area contributed by atoms with E-state index in [4.69, 9.17) is 18.6 Å². The van der Waals surface area contributed by atoms with E-state index in [9.17, 15) is 19.5 Å². The molecule has 8 heteroatoms. The number of furan rings is 1. The van der Waals surface area contributed by atoms with E-state index in [2.05, 4.69) is 0 Å². The molecule has 2 heterocycles. The van der Waals surface area contributed by atoms with Crippen LogP contribution in [0.3, 0.4) is 0 Å². The largest absolute Gasteiger partial charge is 0.512 e. The Balaban J connectivity index is 2.18. The van der Waals surface area contributed by atoms with Crippen molar-refractivity contribution < 1.29 is 38.1 Å². The van der Waals surface area contributed by atoms with Gasteiger partial charge >= 0.3 is 17.9 Å². The highest BCUT2D eigenvalue weighted by Gasteiger charge is 2.65. The molecule has 0 amide bonds. The molecule has 1 atom stereocenters. The summed E-state index contributed by atoms with van der Waals surface area (Å²) < 4.78 is 21.0. The number of carbonyl (C=O) groups excluding carboxylic acids is 3. The van der Waals surface area contributed by atoms with Crippen LogP contribution in [0.15, 0.2) is 34.1 Å². The van der Waals surface area contributed by atoms with E-state index in [1.165, 1.54) is 26.2 Å². The zero-order valence-electron chi connectivity index (χ0n) is 14.7. The molecule has 1 aliphatic carbocycles. The number of carbonyl (C=O) groups is 3. The predicted molar refractivity (Wildman–Crippen MR) is 85.7 cm³/mol. The lowest BCUT2D eigenvalue weighted by atomic mass is 9.63. The fraction of sp³-hybridized carbons (Fsp3) is 0.500. The molecule has 0 saturated carbocycles. The quantitative estimate of drug-likeness (QED) is 0.642. The van der Waals surface area contributed by atoms with E-state index in [1.54, 1.807) is 13.0 Å². The molecular formula is C18H20O8. The minimum atomic E-state index is -1.83. The first-order valence-electron chi connectivity index (χ1n) is 8.32. The third kappa shape index (κ3) is 2.65. The van der Waals surface area contributed by atoms with Gasteiger partial charge in [-0.3, -0.25) is 9.59 Å². The lowest BCUT2D eigenvalue weighted by Crippen LogP contribution is -2.58. The van der Waals surface area contributed by atoms with E-state index < -0.39 is 35.0 Å². The fourth-order valence-corrected chi connectivity index (χ4v) is 3.47. The Morgan fingerprint density at radius 1 is 1.31 bits per heavy atom. The Kier molecular flexibility index (Phi) is 4.29. The summed E-state index contributed by atoms with van der Waals surface area (Å²) >= 11 is 0. The molecule has 1 spiro atoms. The number of aliphatic hydroxyl groups excluding tert-OH is 1. The van der Waals surface area contributed by atoms with E-state index in [0.29, 0.717) is 0 Å². The van der Waals surface area contributed by atoms with Gasteiger partial charge in [-0.1, -0.05) is 0 Å². The number of rotatable bonds is 3. The van der Waals surface area contributed by atoms with Gasteiger partial charge in [0.25, 0.3) is 5.79 Å². The molecule has 1 aromatic rings. The van der Waals surface area contributed by atoms with Crippen molar-refractivity contribution in [3.63, 3.8) is 0 Å². The zero-order valence-corrected chi connectivity index (χ0v) is 14.7. The summed E-state index contributed by atoms with van der Waals surface area (Å²) in [4.78, 5) is 38.3. The average molecular weight is 364 g/mol. The van der Waals surface area contributed by atoms with E-state index in [-0.39, 0.29) is 36.5 Å². The highest BCUT2D eigenvalue weighted by molar-refractivity contribution is 6.06. The van der Waals surface area contributed by atoms with Crippen LogP contribution in [0.2, 0.25) is 0 Å². The molecular weight excluding hydrogens is 344 g/mol. The molecule has 1 aromatic heterocycles. The molecule has 1 aliphatic heterocycles. The molecule has 26 heavy (non-hydrogen) atoms. The van der Waals surface area contributed by atoms with Gasteiger partial charge in [0.1, 0.15) is 11.5 Å². The SMILES string of the molecule is CCOC(=O)C1=C(O)CCC2(C(=O)OC(C)(C)OC2=O)[C@H]1c1ccco1. The van der Waals surface area contributed by atoms with Crippen molar-refractivity contribution in [2.24, 2.45) is 5.41 Å². The number of hydrogen-bond acceptors (Lipinski definition) is 8. The summed E-state index contributed by atoms with van der Waals surface area (Å²) in [5.41, 5.74) is -2.02. The molecule has 1 N–H and O–H groups in total. The Morgan fingerprint density at radius 3 is 2.50 bits per heavy atom. The van der Waals surface area contributed by atoms with Crippen LogP contribution < -0.4 is 0 Å². The third-order valence-electron chi connectivity index (χ3n) is 4.58. The first-order valence-corrected chi connectivity index (χ1v) is 8.32. The molecule has 0 aromatic carbocycles. The molecule has 8 nitrogen and oxygen atoms in total. The Bertz CT molecular complexity index is 751. The second-order valence-electron chi connectivity index (χ2n) is 6.68. The van der Waals surface area contributed by atoms with Gasteiger partial charge < -0.3 is 23.7 Å². The summed E-state index contributed by atoms with van der Waals surface area (Å²) in [7, 11) is 0. The van der Waals surface area contributed by atoms with Gasteiger partial charge in [0.2, 0.25) is 0 Å². The number of esters is 3. The minimum Gasteiger partial charge on any atom is -0.512 e. The summed E-state index contributed by atoms with van der Waals surface area (Å²) in [6.45, 7) is 4.57. The number of aliphatic hydroxyl groups is 1. The van der Waals surface area contributed by atoms with Crippen molar-refractivity contribution in [1.82, 2.24) is 0 Å². The lowest BCUT2D eigenvalue weighted by molar-refractivity contribution is -0.253. The fourth-order valence-electron chi connectivity index (χ4n) is 3.47. The summed E-state index contributed by atoms with van der Waals surface area (Å²) in [5.74, 6) is -5.18. The highest BCUT2D eigenvalue weighted by Crippen LogP contribution is 2.54. The smallest absolute Gasteiger partial charge is 0.338 e. The van der Waals surface area contributed by atoms with E-state index >= 15 is 0 Å². The predicted octanol–water partition coefficient (Wildman–Crippen LogP) is 2.35. The Labute approximate surface area is 149 Å². The maximum atomic E-state index is 12.9. The first-order chi connectivity index (χ1) is 12.2.